The number of aliphatic imine (C=N–C) groups is 1. The fraction of sp³-hybridized carbons (Fsp3) is 0.158. The molecule has 1 amide bonds. The number of hydrogen-bond acceptors (Lipinski definition) is 6. The lowest BCUT2D eigenvalue weighted by Gasteiger charge is -2.06. The summed E-state index contributed by atoms with van der Waals surface area (Å²) in [4.78, 5) is 24.1. The van der Waals surface area contributed by atoms with Gasteiger partial charge in [0.1, 0.15) is 12.4 Å². The van der Waals surface area contributed by atoms with Crippen molar-refractivity contribution < 1.29 is 14.3 Å². The molecule has 2 aromatic rings. The second kappa shape index (κ2) is 9.73. The molecule has 0 radical (unpaired) electrons. The molecule has 0 atom stereocenters. The SMILES string of the molecule is C=C/C(=C\N=C(C)NC(=O)OCc1ccccc1)c1cnc(OC)nc1. The molecule has 0 spiro atoms. The molecule has 7 heteroatoms. The largest absolute Gasteiger partial charge is 0.467 e. The molecule has 7 nitrogen and oxygen atoms in total. The first-order valence-corrected chi connectivity index (χ1v) is 7.83. The monoisotopic (exact) mass is 352 g/mol. The number of alkyl carbamates (subject to hydrolysis) is 1. The van der Waals surface area contributed by atoms with Crippen LogP contribution < -0.4 is 10.1 Å². The van der Waals surface area contributed by atoms with Gasteiger partial charge in [0.05, 0.1) is 7.11 Å². The third-order valence-corrected chi connectivity index (χ3v) is 3.26. The maximum absolute atomic E-state index is 11.8. The summed E-state index contributed by atoms with van der Waals surface area (Å²) >= 11 is 0. The Bertz CT molecular complexity index is 799. The summed E-state index contributed by atoms with van der Waals surface area (Å²) in [5.74, 6) is 0.386. The molecule has 1 N–H and O–H groups in total. The van der Waals surface area contributed by atoms with Gasteiger partial charge in [0.25, 0.3) is 0 Å². The maximum atomic E-state index is 11.8. The zero-order valence-corrected chi connectivity index (χ0v) is 14.7. The Labute approximate surface area is 152 Å². The summed E-state index contributed by atoms with van der Waals surface area (Å²) in [7, 11) is 1.50. The minimum absolute atomic E-state index is 0.191. The fourth-order valence-electron chi connectivity index (χ4n) is 1.92. The standard InChI is InChI=1S/C19H20N4O3/c1-4-16(17-11-21-18(25-3)22-12-17)10-20-14(2)23-19(24)26-13-15-8-6-5-7-9-15/h4-12H,1,13H2,2-3H3,(H,20,23,24)/b16-10+. The number of benzene rings is 1. The molecule has 2 rings (SSSR count). The summed E-state index contributed by atoms with van der Waals surface area (Å²) in [6, 6.07) is 9.70. The van der Waals surface area contributed by atoms with Gasteiger partial charge in [-0.15, -0.1) is 0 Å². The van der Waals surface area contributed by atoms with Crippen LogP contribution in [0.3, 0.4) is 0 Å². The number of nitrogens with one attached hydrogen (secondary N) is 1. The van der Waals surface area contributed by atoms with Crippen LogP contribution in [0.25, 0.3) is 5.57 Å². The van der Waals surface area contributed by atoms with Gasteiger partial charge < -0.3 is 9.47 Å². The Morgan fingerprint density at radius 2 is 1.96 bits per heavy atom. The summed E-state index contributed by atoms with van der Waals surface area (Å²) < 4.78 is 10.1. The van der Waals surface area contributed by atoms with E-state index in [1.807, 2.05) is 30.3 Å². The predicted molar refractivity (Wildman–Crippen MR) is 99.6 cm³/mol. The maximum Gasteiger partial charge on any atom is 0.412 e. The molecule has 0 aliphatic rings. The van der Waals surface area contributed by atoms with Crippen LogP contribution in [-0.4, -0.2) is 29.0 Å². The van der Waals surface area contributed by atoms with Crippen LogP contribution in [0.1, 0.15) is 18.1 Å². The van der Waals surface area contributed by atoms with Crippen LogP contribution in [-0.2, 0) is 11.3 Å². The zero-order valence-electron chi connectivity index (χ0n) is 14.7. The molecular formula is C19H20N4O3. The Hall–Kier alpha value is -3.48. The van der Waals surface area contributed by atoms with Crippen molar-refractivity contribution in [3.8, 4) is 6.01 Å². The van der Waals surface area contributed by atoms with Crippen molar-refractivity contribution in [3.05, 3.63) is 72.7 Å². The molecule has 134 valence electrons. The van der Waals surface area contributed by atoms with Crippen LogP contribution >= 0.6 is 0 Å². The highest BCUT2D eigenvalue weighted by Crippen LogP contribution is 2.14. The molecule has 0 aliphatic heterocycles. The van der Waals surface area contributed by atoms with Gasteiger partial charge in [-0.1, -0.05) is 43.0 Å². The summed E-state index contributed by atoms with van der Waals surface area (Å²) in [6.07, 6.45) is 5.81. The van der Waals surface area contributed by atoms with Crippen molar-refractivity contribution in [3.63, 3.8) is 0 Å². The average Bonchev–Trinajstić information content (AvgIpc) is 2.68. The van der Waals surface area contributed by atoms with Gasteiger partial charge in [-0.3, -0.25) is 5.32 Å². The van der Waals surface area contributed by atoms with E-state index in [0.717, 1.165) is 11.1 Å². The molecule has 0 saturated heterocycles. The molecule has 26 heavy (non-hydrogen) atoms. The highest BCUT2D eigenvalue weighted by Gasteiger charge is 2.04. The van der Waals surface area contributed by atoms with E-state index < -0.39 is 6.09 Å². The van der Waals surface area contributed by atoms with Gasteiger partial charge >= 0.3 is 12.1 Å². The number of methoxy groups -OCH3 is 1. The van der Waals surface area contributed by atoms with E-state index in [-0.39, 0.29) is 12.6 Å². The topological polar surface area (TPSA) is 85.7 Å². The Morgan fingerprint density at radius 1 is 1.27 bits per heavy atom. The van der Waals surface area contributed by atoms with E-state index in [4.69, 9.17) is 9.47 Å². The number of hydrogen-bond donors (Lipinski definition) is 1. The molecule has 1 aromatic carbocycles. The second-order valence-corrected chi connectivity index (χ2v) is 5.15. The molecular weight excluding hydrogens is 332 g/mol. The molecule has 0 aliphatic carbocycles. The van der Waals surface area contributed by atoms with Crippen LogP contribution in [0.5, 0.6) is 6.01 Å². The first kappa shape index (κ1) is 18.9. The van der Waals surface area contributed by atoms with E-state index >= 15 is 0 Å². The number of amides is 1. The molecule has 0 bridgehead atoms. The van der Waals surface area contributed by atoms with Crippen molar-refractivity contribution in [2.24, 2.45) is 4.99 Å². The molecule has 0 saturated carbocycles. The summed E-state index contributed by atoms with van der Waals surface area (Å²) in [6.45, 7) is 5.60. The third-order valence-electron chi connectivity index (χ3n) is 3.26. The normalized spacial score (nSPS) is 11.6. The van der Waals surface area contributed by atoms with Gasteiger partial charge in [0.15, 0.2) is 0 Å². The molecule has 0 unspecified atom stereocenters. The lowest BCUT2D eigenvalue weighted by atomic mass is 10.1. The zero-order chi connectivity index (χ0) is 18.8. The summed E-state index contributed by atoms with van der Waals surface area (Å²) in [5, 5.41) is 2.56. The van der Waals surface area contributed by atoms with Gasteiger partial charge in [0, 0.05) is 29.7 Å². The van der Waals surface area contributed by atoms with Crippen molar-refractivity contribution in [1.82, 2.24) is 15.3 Å². The second-order valence-electron chi connectivity index (χ2n) is 5.15. The van der Waals surface area contributed by atoms with Crippen molar-refractivity contribution in [2.45, 2.75) is 13.5 Å². The van der Waals surface area contributed by atoms with Crippen molar-refractivity contribution in [2.75, 3.05) is 7.11 Å². The number of carbonyl (C=O) groups is 1. The van der Waals surface area contributed by atoms with Crippen LogP contribution in [0.2, 0.25) is 0 Å². The van der Waals surface area contributed by atoms with E-state index in [1.165, 1.54) is 7.11 Å². The Kier molecular flexibility index (Phi) is 7.05. The predicted octanol–water partition coefficient (Wildman–Crippen LogP) is 3.36. The number of aromatic nitrogens is 2. The lowest BCUT2D eigenvalue weighted by molar-refractivity contribution is 0.145. The number of carbonyl (C=O) groups excluding carboxylic acids is 1. The minimum Gasteiger partial charge on any atom is -0.467 e. The van der Waals surface area contributed by atoms with Crippen molar-refractivity contribution >= 4 is 17.5 Å². The van der Waals surface area contributed by atoms with Gasteiger partial charge in [-0.05, 0) is 12.5 Å². The number of ether oxygens (including phenoxy) is 2. The minimum atomic E-state index is -0.573. The van der Waals surface area contributed by atoms with Gasteiger partial charge in [0.2, 0.25) is 0 Å². The van der Waals surface area contributed by atoms with E-state index in [2.05, 4.69) is 26.9 Å². The fourth-order valence-corrected chi connectivity index (χ4v) is 1.92. The number of amidine groups is 1. The van der Waals surface area contributed by atoms with Crippen LogP contribution in [0.15, 0.2) is 66.6 Å². The highest BCUT2D eigenvalue weighted by atomic mass is 16.5. The van der Waals surface area contributed by atoms with E-state index in [1.54, 1.807) is 31.6 Å². The van der Waals surface area contributed by atoms with Gasteiger partial charge in [-0.25, -0.2) is 19.8 Å². The average molecular weight is 352 g/mol. The lowest BCUT2D eigenvalue weighted by Crippen LogP contribution is -2.28. The first-order chi connectivity index (χ1) is 12.6. The van der Waals surface area contributed by atoms with Crippen LogP contribution in [0.4, 0.5) is 4.79 Å². The quantitative estimate of drug-likeness (QED) is 0.489. The number of rotatable bonds is 6. The van der Waals surface area contributed by atoms with Crippen LogP contribution in [0, 0.1) is 0 Å². The van der Waals surface area contributed by atoms with E-state index in [0.29, 0.717) is 11.4 Å². The third kappa shape index (κ3) is 5.86. The highest BCUT2D eigenvalue weighted by molar-refractivity contribution is 5.94. The Balaban J connectivity index is 1.94. The summed E-state index contributed by atoms with van der Waals surface area (Å²) in [5.41, 5.74) is 2.33. The smallest absolute Gasteiger partial charge is 0.412 e. The Morgan fingerprint density at radius 3 is 2.58 bits per heavy atom. The number of nitrogens with zero attached hydrogens (tertiary/aromatic N) is 3. The van der Waals surface area contributed by atoms with Crippen molar-refractivity contribution in [1.29, 1.82) is 0 Å². The first-order valence-electron chi connectivity index (χ1n) is 7.83. The molecule has 1 aromatic heterocycles. The van der Waals surface area contributed by atoms with E-state index in [9.17, 15) is 4.79 Å². The molecule has 1 heterocycles. The molecule has 0 fully saturated rings. The van der Waals surface area contributed by atoms with Gasteiger partial charge in [-0.2, -0.15) is 0 Å². The number of allylic oxidation sites excluding steroid dienone is 2.